The van der Waals surface area contributed by atoms with E-state index in [1.807, 2.05) is 12.2 Å². The van der Waals surface area contributed by atoms with Gasteiger partial charge >= 0.3 is 12.0 Å². The molecule has 10 heteroatoms. The summed E-state index contributed by atoms with van der Waals surface area (Å²) in [5.74, 6) is -1.74. The fourth-order valence-electron chi connectivity index (χ4n) is 1.88. The number of urea groups is 1. The first-order valence-electron chi connectivity index (χ1n) is 8.12. The Morgan fingerprint density at radius 1 is 1.11 bits per heavy atom. The van der Waals surface area contributed by atoms with Gasteiger partial charge in [-0.3, -0.25) is 14.9 Å². The van der Waals surface area contributed by atoms with Crippen molar-refractivity contribution >= 4 is 27.9 Å². The SMILES string of the molecule is Cc1ccc(S(=O)(=O)N(C)CC(=O)OCC(=O)NC(=O)NC(C)(C)C)cc1. The maximum absolute atomic E-state index is 12.4. The van der Waals surface area contributed by atoms with Crippen LogP contribution >= 0.6 is 0 Å². The van der Waals surface area contributed by atoms with Crippen LogP contribution in [-0.2, 0) is 24.3 Å². The lowest BCUT2D eigenvalue weighted by Crippen LogP contribution is -2.49. The summed E-state index contributed by atoms with van der Waals surface area (Å²) in [5.41, 5.74) is 0.367. The average Bonchev–Trinajstić information content (AvgIpc) is 2.51. The van der Waals surface area contributed by atoms with Crippen LogP contribution in [0.4, 0.5) is 4.79 Å². The summed E-state index contributed by atoms with van der Waals surface area (Å²) in [5, 5.41) is 4.52. The van der Waals surface area contributed by atoms with Gasteiger partial charge in [0, 0.05) is 12.6 Å². The molecule has 0 fully saturated rings. The molecule has 0 aliphatic rings. The third-order valence-corrected chi connectivity index (χ3v) is 5.00. The Hall–Kier alpha value is -2.46. The summed E-state index contributed by atoms with van der Waals surface area (Å²) in [6, 6.07) is 5.45. The molecule has 0 aliphatic heterocycles. The van der Waals surface area contributed by atoms with Crippen LogP contribution in [0.1, 0.15) is 26.3 Å². The Labute approximate surface area is 159 Å². The highest BCUT2D eigenvalue weighted by molar-refractivity contribution is 7.89. The van der Waals surface area contributed by atoms with Crippen LogP contribution in [0.25, 0.3) is 0 Å². The van der Waals surface area contributed by atoms with E-state index in [1.54, 1.807) is 32.9 Å². The van der Waals surface area contributed by atoms with Gasteiger partial charge in [-0.1, -0.05) is 17.7 Å². The molecule has 3 amide bonds. The number of aryl methyl sites for hydroxylation is 1. The van der Waals surface area contributed by atoms with Gasteiger partial charge in [-0.2, -0.15) is 4.31 Å². The zero-order chi connectivity index (χ0) is 20.8. The van der Waals surface area contributed by atoms with E-state index in [0.717, 1.165) is 9.87 Å². The molecule has 0 radical (unpaired) electrons. The largest absolute Gasteiger partial charge is 0.455 e. The highest BCUT2D eigenvalue weighted by Gasteiger charge is 2.24. The Morgan fingerprint density at radius 3 is 2.19 bits per heavy atom. The number of benzene rings is 1. The number of likely N-dealkylation sites (N-methyl/N-ethyl adjacent to an activating group) is 1. The zero-order valence-corrected chi connectivity index (χ0v) is 16.8. The number of nitrogens with zero attached hydrogens (tertiary/aromatic N) is 1. The number of ether oxygens (including phenoxy) is 1. The summed E-state index contributed by atoms with van der Waals surface area (Å²) in [6.07, 6.45) is 0. The van der Waals surface area contributed by atoms with Gasteiger partial charge in [-0.05, 0) is 39.8 Å². The molecule has 1 aromatic rings. The minimum Gasteiger partial charge on any atom is -0.455 e. The van der Waals surface area contributed by atoms with Crippen LogP contribution in [0.2, 0.25) is 0 Å². The van der Waals surface area contributed by atoms with Crippen LogP contribution in [0, 0.1) is 6.92 Å². The number of hydrogen-bond donors (Lipinski definition) is 2. The molecular formula is C17H25N3O6S. The summed E-state index contributed by atoms with van der Waals surface area (Å²) in [4.78, 5) is 35.0. The molecule has 0 bridgehead atoms. The van der Waals surface area contributed by atoms with Crippen molar-refractivity contribution in [2.45, 2.75) is 38.1 Å². The minimum absolute atomic E-state index is 0.0417. The molecule has 0 heterocycles. The molecule has 0 spiro atoms. The maximum atomic E-state index is 12.4. The van der Waals surface area contributed by atoms with Crippen LogP contribution < -0.4 is 10.6 Å². The van der Waals surface area contributed by atoms with E-state index in [4.69, 9.17) is 4.74 Å². The molecule has 2 N–H and O–H groups in total. The Balaban J connectivity index is 2.53. The van der Waals surface area contributed by atoms with E-state index < -0.39 is 46.6 Å². The van der Waals surface area contributed by atoms with Crippen molar-refractivity contribution in [3.8, 4) is 0 Å². The molecule has 9 nitrogen and oxygen atoms in total. The van der Waals surface area contributed by atoms with Gasteiger partial charge in [-0.15, -0.1) is 0 Å². The smallest absolute Gasteiger partial charge is 0.321 e. The fourth-order valence-corrected chi connectivity index (χ4v) is 3.00. The topological polar surface area (TPSA) is 122 Å². The average molecular weight is 399 g/mol. The third kappa shape index (κ3) is 7.75. The van der Waals surface area contributed by atoms with E-state index in [2.05, 4.69) is 5.32 Å². The highest BCUT2D eigenvalue weighted by Crippen LogP contribution is 2.14. The number of esters is 1. The van der Waals surface area contributed by atoms with Crippen molar-refractivity contribution in [3.05, 3.63) is 29.8 Å². The van der Waals surface area contributed by atoms with Gasteiger partial charge in [0.1, 0.15) is 6.54 Å². The second kappa shape index (κ2) is 8.96. The molecule has 150 valence electrons. The van der Waals surface area contributed by atoms with Gasteiger partial charge in [0.05, 0.1) is 4.90 Å². The van der Waals surface area contributed by atoms with Crippen LogP contribution in [0.15, 0.2) is 29.2 Å². The molecule has 0 aromatic heterocycles. The lowest BCUT2D eigenvalue weighted by atomic mass is 10.1. The van der Waals surface area contributed by atoms with E-state index in [0.29, 0.717) is 0 Å². The van der Waals surface area contributed by atoms with Crippen molar-refractivity contribution in [1.29, 1.82) is 0 Å². The minimum atomic E-state index is -3.86. The zero-order valence-electron chi connectivity index (χ0n) is 16.0. The number of nitrogens with one attached hydrogen (secondary N) is 2. The molecule has 0 aliphatic carbocycles. The summed E-state index contributed by atoms with van der Waals surface area (Å²) in [6.45, 7) is 5.76. The lowest BCUT2D eigenvalue weighted by molar-refractivity contribution is -0.148. The molecule has 1 rings (SSSR count). The van der Waals surface area contributed by atoms with Crippen molar-refractivity contribution in [2.24, 2.45) is 0 Å². The van der Waals surface area contributed by atoms with E-state index >= 15 is 0 Å². The number of amides is 3. The van der Waals surface area contributed by atoms with Crippen molar-refractivity contribution in [2.75, 3.05) is 20.2 Å². The molecule has 0 unspecified atom stereocenters. The fraction of sp³-hybridized carbons (Fsp3) is 0.471. The third-order valence-electron chi connectivity index (χ3n) is 3.19. The Morgan fingerprint density at radius 2 is 1.67 bits per heavy atom. The number of rotatable bonds is 6. The van der Waals surface area contributed by atoms with Crippen LogP contribution in [0.3, 0.4) is 0 Å². The molecule has 0 saturated heterocycles. The number of hydrogen-bond acceptors (Lipinski definition) is 6. The lowest BCUT2D eigenvalue weighted by Gasteiger charge is -2.20. The summed E-state index contributed by atoms with van der Waals surface area (Å²) < 4.78 is 30.3. The van der Waals surface area contributed by atoms with Gasteiger partial charge in [-0.25, -0.2) is 13.2 Å². The monoisotopic (exact) mass is 399 g/mol. The number of carbonyl (C=O) groups excluding carboxylic acids is 3. The standard InChI is InChI=1S/C17H25N3O6S/c1-12-6-8-13(9-7-12)27(24,25)20(5)10-15(22)26-11-14(21)18-16(23)19-17(2,3)4/h6-9H,10-11H2,1-5H3,(H2,18,19,21,23). The van der Waals surface area contributed by atoms with Gasteiger partial charge in [0.25, 0.3) is 5.91 Å². The summed E-state index contributed by atoms with van der Waals surface area (Å²) in [7, 11) is -2.63. The normalized spacial score (nSPS) is 11.8. The first-order valence-corrected chi connectivity index (χ1v) is 9.56. The molecule has 0 atom stereocenters. The molecule has 1 aromatic carbocycles. The number of carbonyl (C=O) groups is 3. The number of sulfonamides is 1. The predicted octanol–water partition coefficient (Wildman–Crippen LogP) is 0.783. The second-order valence-corrected chi connectivity index (χ2v) is 9.03. The second-order valence-electron chi connectivity index (χ2n) is 6.99. The van der Waals surface area contributed by atoms with Gasteiger partial charge in [0.15, 0.2) is 6.61 Å². The Kier molecular flexibility index (Phi) is 7.49. The van der Waals surface area contributed by atoms with Crippen molar-refractivity contribution < 1.29 is 27.5 Å². The highest BCUT2D eigenvalue weighted by atomic mass is 32.2. The molecular weight excluding hydrogens is 374 g/mol. The van der Waals surface area contributed by atoms with E-state index in [1.165, 1.54) is 19.2 Å². The van der Waals surface area contributed by atoms with Crippen LogP contribution in [-0.4, -0.2) is 56.4 Å². The number of imide groups is 1. The van der Waals surface area contributed by atoms with Crippen molar-refractivity contribution in [3.63, 3.8) is 0 Å². The first-order chi connectivity index (χ1) is 12.3. The molecule has 27 heavy (non-hydrogen) atoms. The van der Waals surface area contributed by atoms with Crippen LogP contribution in [0.5, 0.6) is 0 Å². The van der Waals surface area contributed by atoms with Crippen molar-refractivity contribution in [1.82, 2.24) is 14.9 Å². The molecule has 0 saturated carbocycles. The quantitative estimate of drug-likeness (QED) is 0.682. The van der Waals surface area contributed by atoms with Gasteiger partial charge < -0.3 is 10.1 Å². The van der Waals surface area contributed by atoms with E-state index in [9.17, 15) is 22.8 Å². The maximum Gasteiger partial charge on any atom is 0.321 e. The predicted molar refractivity (Wildman–Crippen MR) is 98.4 cm³/mol. The first kappa shape index (κ1) is 22.6. The summed E-state index contributed by atoms with van der Waals surface area (Å²) >= 11 is 0. The Bertz CT molecular complexity index is 797. The van der Waals surface area contributed by atoms with E-state index in [-0.39, 0.29) is 4.90 Å². The van der Waals surface area contributed by atoms with Gasteiger partial charge in [0.2, 0.25) is 10.0 Å².